The van der Waals surface area contributed by atoms with Gasteiger partial charge in [-0.15, -0.1) is 0 Å². The predicted octanol–water partition coefficient (Wildman–Crippen LogP) is 0.681. The molecule has 2 amide bonds. The van der Waals surface area contributed by atoms with E-state index in [1.165, 1.54) is 7.11 Å². The van der Waals surface area contributed by atoms with Crippen LogP contribution in [0.2, 0.25) is 0 Å². The lowest BCUT2D eigenvalue weighted by Crippen LogP contribution is -2.35. The van der Waals surface area contributed by atoms with Crippen molar-refractivity contribution in [3.63, 3.8) is 0 Å². The Balaban J connectivity index is 1.97. The van der Waals surface area contributed by atoms with E-state index in [1.54, 1.807) is 0 Å². The van der Waals surface area contributed by atoms with Gasteiger partial charge in [0.15, 0.2) is 11.4 Å². The van der Waals surface area contributed by atoms with Crippen molar-refractivity contribution in [1.29, 1.82) is 0 Å². The van der Waals surface area contributed by atoms with E-state index in [4.69, 9.17) is 0 Å². The quantitative estimate of drug-likeness (QED) is 0.453. The number of imide groups is 1. The Morgan fingerprint density at radius 1 is 1.09 bits per heavy atom. The van der Waals surface area contributed by atoms with Crippen molar-refractivity contribution in [1.82, 2.24) is 14.9 Å². The maximum atomic E-state index is 12.3. The molecule has 3 rings (SSSR count). The third-order valence-corrected chi connectivity index (χ3v) is 3.72. The van der Waals surface area contributed by atoms with Crippen LogP contribution in [0.15, 0.2) is 12.2 Å². The number of amides is 2. The first kappa shape index (κ1) is 14.4. The van der Waals surface area contributed by atoms with Gasteiger partial charge in [-0.1, -0.05) is 12.2 Å². The van der Waals surface area contributed by atoms with E-state index in [9.17, 15) is 14.4 Å². The Morgan fingerprint density at radius 3 is 2.05 bits per heavy atom. The number of carbonyl (C=O) groups is 3. The molecule has 22 heavy (non-hydrogen) atoms. The number of allylic oxidation sites excluding steroid dienone is 2. The summed E-state index contributed by atoms with van der Waals surface area (Å²) in [4.78, 5) is 45.4. The molecule has 0 fully saturated rings. The minimum Gasteiger partial charge on any atom is -0.468 e. The van der Waals surface area contributed by atoms with Crippen molar-refractivity contribution in [3.8, 4) is 0 Å². The van der Waals surface area contributed by atoms with Crippen molar-refractivity contribution in [2.45, 2.75) is 25.7 Å². The molecule has 0 saturated carbocycles. The fourth-order valence-electron chi connectivity index (χ4n) is 2.56. The molecule has 1 aliphatic carbocycles. The van der Waals surface area contributed by atoms with Crippen molar-refractivity contribution in [2.75, 3.05) is 13.7 Å². The molecule has 2 aliphatic rings. The lowest BCUT2D eigenvalue weighted by Gasteiger charge is -2.10. The summed E-state index contributed by atoms with van der Waals surface area (Å²) in [5.74, 6) is -1.83. The summed E-state index contributed by atoms with van der Waals surface area (Å²) in [6, 6.07) is 0. The summed E-state index contributed by atoms with van der Waals surface area (Å²) in [6.45, 7) is -0.418. The topological polar surface area (TPSA) is 89.5 Å². The second kappa shape index (κ2) is 5.67. The summed E-state index contributed by atoms with van der Waals surface area (Å²) >= 11 is 0. The van der Waals surface area contributed by atoms with Crippen LogP contribution >= 0.6 is 0 Å². The summed E-state index contributed by atoms with van der Waals surface area (Å²) < 4.78 is 4.51. The van der Waals surface area contributed by atoms with Crippen molar-refractivity contribution in [3.05, 3.63) is 34.9 Å². The first-order valence-electron chi connectivity index (χ1n) is 7.09. The average Bonchev–Trinajstić information content (AvgIpc) is 2.71. The molecular formula is C15H15N3O4. The second-order valence-corrected chi connectivity index (χ2v) is 5.14. The number of fused-ring (bicyclic) bond motifs is 2. The molecule has 0 unspecified atom stereocenters. The summed E-state index contributed by atoms with van der Waals surface area (Å²) in [6.07, 6.45) is 7.18. The molecule has 7 nitrogen and oxygen atoms in total. The van der Waals surface area contributed by atoms with Crippen molar-refractivity contribution >= 4 is 17.8 Å². The van der Waals surface area contributed by atoms with Gasteiger partial charge < -0.3 is 4.74 Å². The molecule has 114 valence electrons. The van der Waals surface area contributed by atoms with Crippen LogP contribution in [-0.4, -0.2) is 46.3 Å². The van der Waals surface area contributed by atoms with Gasteiger partial charge in [0.2, 0.25) is 0 Å². The number of ether oxygens (including phenoxy) is 1. The fourth-order valence-corrected chi connectivity index (χ4v) is 2.56. The highest BCUT2D eigenvalue weighted by Crippen LogP contribution is 2.23. The first-order chi connectivity index (χ1) is 10.6. The number of hydrogen-bond donors (Lipinski definition) is 0. The van der Waals surface area contributed by atoms with Gasteiger partial charge in [0.25, 0.3) is 11.8 Å². The van der Waals surface area contributed by atoms with Crippen LogP contribution in [0, 0.1) is 0 Å². The highest BCUT2D eigenvalue weighted by Gasteiger charge is 2.40. The number of rotatable bonds is 2. The smallest absolute Gasteiger partial charge is 0.325 e. The van der Waals surface area contributed by atoms with Gasteiger partial charge in [-0.3, -0.25) is 19.3 Å². The number of carbonyl (C=O) groups excluding carboxylic acids is 3. The number of aromatic nitrogens is 2. The Kier molecular flexibility index (Phi) is 3.70. The minimum atomic E-state index is -0.655. The Hall–Kier alpha value is -2.57. The van der Waals surface area contributed by atoms with E-state index in [0.717, 1.165) is 29.1 Å². The minimum absolute atomic E-state index is 0.0391. The standard InChI is InChI=1S/C15H15N3O4/c1-22-11(19)8-18-14(20)12-13(15(18)21)17-10-7-5-3-2-4-6-9(10)16-12/h2-3H,4-8H2,1H3/b3-2-. The Labute approximate surface area is 127 Å². The highest BCUT2D eigenvalue weighted by molar-refractivity contribution is 6.20. The maximum absolute atomic E-state index is 12.3. The van der Waals surface area contributed by atoms with E-state index < -0.39 is 24.3 Å². The van der Waals surface area contributed by atoms with Gasteiger partial charge in [0, 0.05) is 0 Å². The molecule has 1 aromatic heterocycles. The monoisotopic (exact) mass is 301 g/mol. The molecule has 0 saturated heterocycles. The summed E-state index contributed by atoms with van der Waals surface area (Å²) in [5, 5.41) is 0. The zero-order valence-corrected chi connectivity index (χ0v) is 12.2. The summed E-state index contributed by atoms with van der Waals surface area (Å²) in [7, 11) is 1.20. The Morgan fingerprint density at radius 2 is 1.59 bits per heavy atom. The second-order valence-electron chi connectivity index (χ2n) is 5.14. The van der Waals surface area contributed by atoms with Crippen LogP contribution in [0.4, 0.5) is 0 Å². The lowest BCUT2D eigenvalue weighted by molar-refractivity contribution is -0.140. The molecule has 0 spiro atoms. The van der Waals surface area contributed by atoms with E-state index in [-0.39, 0.29) is 11.4 Å². The molecule has 7 heteroatoms. The highest BCUT2D eigenvalue weighted by atomic mass is 16.5. The number of esters is 1. The normalized spacial score (nSPS) is 18.3. The predicted molar refractivity (Wildman–Crippen MR) is 75.2 cm³/mol. The zero-order chi connectivity index (χ0) is 15.7. The zero-order valence-electron chi connectivity index (χ0n) is 12.2. The largest absolute Gasteiger partial charge is 0.468 e. The van der Waals surface area contributed by atoms with Gasteiger partial charge in [-0.05, 0) is 25.7 Å². The molecule has 2 heterocycles. The van der Waals surface area contributed by atoms with Gasteiger partial charge >= 0.3 is 5.97 Å². The van der Waals surface area contributed by atoms with E-state index in [1.807, 2.05) is 0 Å². The van der Waals surface area contributed by atoms with Gasteiger partial charge in [-0.2, -0.15) is 0 Å². The van der Waals surface area contributed by atoms with E-state index in [0.29, 0.717) is 12.8 Å². The van der Waals surface area contributed by atoms with Gasteiger partial charge in [0.05, 0.1) is 18.5 Å². The van der Waals surface area contributed by atoms with E-state index in [2.05, 4.69) is 26.9 Å². The molecule has 0 atom stereocenters. The van der Waals surface area contributed by atoms with Crippen LogP contribution in [0.25, 0.3) is 0 Å². The number of hydrogen-bond acceptors (Lipinski definition) is 6. The van der Waals surface area contributed by atoms with Crippen LogP contribution in [0.3, 0.4) is 0 Å². The molecule has 0 radical (unpaired) electrons. The number of nitrogens with zero attached hydrogens (tertiary/aromatic N) is 3. The van der Waals surface area contributed by atoms with E-state index >= 15 is 0 Å². The molecule has 1 aromatic rings. The van der Waals surface area contributed by atoms with Crippen molar-refractivity contribution < 1.29 is 19.1 Å². The molecular weight excluding hydrogens is 286 g/mol. The van der Waals surface area contributed by atoms with Gasteiger partial charge in [-0.25, -0.2) is 9.97 Å². The summed E-state index contributed by atoms with van der Waals surface area (Å²) in [5.41, 5.74) is 1.59. The Bertz CT molecular complexity index is 647. The third kappa shape index (κ3) is 2.38. The average molecular weight is 301 g/mol. The van der Waals surface area contributed by atoms with Crippen molar-refractivity contribution in [2.24, 2.45) is 0 Å². The molecule has 0 N–H and O–H groups in total. The van der Waals surface area contributed by atoms with Gasteiger partial charge in [0.1, 0.15) is 6.54 Å². The lowest BCUT2D eigenvalue weighted by atomic mass is 10.1. The molecule has 1 aliphatic heterocycles. The van der Waals surface area contributed by atoms with Crippen LogP contribution in [-0.2, 0) is 22.4 Å². The maximum Gasteiger partial charge on any atom is 0.325 e. The van der Waals surface area contributed by atoms with Crippen LogP contribution < -0.4 is 0 Å². The molecule has 0 aromatic carbocycles. The fraction of sp³-hybridized carbons (Fsp3) is 0.400. The SMILES string of the molecule is COC(=O)CN1C(=O)c2nc3c(nc2C1=O)CC/C=C\CC3. The number of aryl methyl sites for hydroxylation is 2. The van der Waals surface area contributed by atoms with Crippen LogP contribution in [0.5, 0.6) is 0 Å². The number of methoxy groups -OCH3 is 1. The molecule has 0 bridgehead atoms. The first-order valence-corrected chi connectivity index (χ1v) is 7.09. The van der Waals surface area contributed by atoms with Crippen LogP contribution in [0.1, 0.15) is 45.2 Å². The third-order valence-electron chi connectivity index (χ3n) is 3.72.